The highest BCUT2D eigenvalue weighted by Crippen LogP contribution is 2.24. The van der Waals surface area contributed by atoms with E-state index in [9.17, 15) is 18.7 Å². The molecule has 20 heavy (non-hydrogen) atoms. The van der Waals surface area contributed by atoms with Crippen LogP contribution < -0.4 is 5.73 Å². The molecule has 2 aromatic carbocycles. The Kier molecular flexibility index (Phi) is 4.09. The van der Waals surface area contributed by atoms with E-state index in [1.165, 1.54) is 30.3 Å². The molecule has 0 saturated carbocycles. The van der Waals surface area contributed by atoms with Crippen molar-refractivity contribution in [2.24, 2.45) is 0 Å². The van der Waals surface area contributed by atoms with Crippen molar-refractivity contribution in [1.29, 1.82) is 0 Å². The molecule has 5 nitrogen and oxygen atoms in total. The number of anilines is 1. The lowest BCUT2D eigenvalue weighted by Gasteiger charge is -2.06. The van der Waals surface area contributed by atoms with Gasteiger partial charge < -0.3 is 5.73 Å². The van der Waals surface area contributed by atoms with Crippen LogP contribution in [0.2, 0.25) is 0 Å². The minimum absolute atomic E-state index is 0.0925. The van der Waals surface area contributed by atoms with E-state index in [-0.39, 0.29) is 22.0 Å². The van der Waals surface area contributed by atoms with Gasteiger partial charge in [-0.3, -0.25) is 14.3 Å². The lowest BCUT2D eigenvalue weighted by Crippen LogP contribution is -2.03. The number of para-hydroxylation sites is 1. The number of nitro benzene ring substituents is 1. The van der Waals surface area contributed by atoms with Crippen molar-refractivity contribution in [2.45, 2.75) is 10.6 Å². The molecule has 0 aliphatic rings. The fourth-order valence-corrected chi connectivity index (χ4v) is 2.99. The minimum Gasteiger partial charge on any atom is -0.398 e. The molecule has 2 N–H and O–H groups in total. The van der Waals surface area contributed by atoms with E-state index in [0.29, 0.717) is 5.56 Å². The van der Waals surface area contributed by atoms with E-state index in [0.717, 1.165) is 6.07 Å². The molecule has 0 aromatic heterocycles. The number of nitrogens with zero attached hydrogens (tertiary/aromatic N) is 1. The van der Waals surface area contributed by atoms with Gasteiger partial charge >= 0.3 is 0 Å². The SMILES string of the molecule is Nc1ccc(F)cc1S(=O)Cc1ccccc1[N+](=O)[O-]. The molecule has 7 heteroatoms. The van der Waals surface area contributed by atoms with Gasteiger partial charge in [-0.25, -0.2) is 4.39 Å². The van der Waals surface area contributed by atoms with E-state index in [1.807, 2.05) is 0 Å². The fourth-order valence-electron chi connectivity index (χ4n) is 1.74. The first-order valence-corrected chi connectivity index (χ1v) is 6.96. The van der Waals surface area contributed by atoms with Crippen LogP contribution in [0, 0.1) is 15.9 Å². The maximum atomic E-state index is 13.2. The predicted molar refractivity (Wildman–Crippen MR) is 74.0 cm³/mol. The van der Waals surface area contributed by atoms with Crippen LogP contribution in [0.3, 0.4) is 0 Å². The Morgan fingerprint density at radius 3 is 2.65 bits per heavy atom. The number of nitrogen functional groups attached to an aromatic ring is 1. The largest absolute Gasteiger partial charge is 0.398 e. The lowest BCUT2D eigenvalue weighted by molar-refractivity contribution is -0.385. The molecule has 2 aromatic rings. The second-order valence-electron chi connectivity index (χ2n) is 4.06. The predicted octanol–water partition coefficient (Wildman–Crippen LogP) is 2.62. The third kappa shape index (κ3) is 3.00. The third-order valence-electron chi connectivity index (χ3n) is 2.70. The molecular weight excluding hydrogens is 283 g/mol. The molecule has 0 fully saturated rings. The number of hydrogen-bond donors (Lipinski definition) is 1. The maximum absolute atomic E-state index is 13.2. The molecule has 0 aliphatic carbocycles. The van der Waals surface area contributed by atoms with E-state index >= 15 is 0 Å². The monoisotopic (exact) mass is 294 g/mol. The molecule has 1 unspecified atom stereocenters. The summed E-state index contributed by atoms with van der Waals surface area (Å²) < 4.78 is 25.4. The Morgan fingerprint density at radius 1 is 1.25 bits per heavy atom. The van der Waals surface area contributed by atoms with Crippen molar-refractivity contribution in [2.75, 3.05) is 5.73 Å². The Hall–Kier alpha value is -2.28. The molecule has 2 rings (SSSR count). The van der Waals surface area contributed by atoms with Crippen LogP contribution in [-0.4, -0.2) is 9.13 Å². The highest BCUT2D eigenvalue weighted by atomic mass is 32.2. The Balaban J connectivity index is 2.33. The van der Waals surface area contributed by atoms with Gasteiger partial charge in [0.2, 0.25) is 0 Å². The van der Waals surface area contributed by atoms with Crippen LogP contribution in [0.25, 0.3) is 0 Å². The molecule has 0 heterocycles. The minimum atomic E-state index is -1.65. The zero-order valence-electron chi connectivity index (χ0n) is 10.3. The number of halogens is 1. The third-order valence-corrected chi connectivity index (χ3v) is 4.11. The highest BCUT2D eigenvalue weighted by Gasteiger charge is 2.17. The van der Waals surface area contributed by atoms with E-state index in [1.54, 1.807) is 6.07 Å². The first-order chi connectivity index (χ1) is 9.49. The van der Waals surface area contributed by atoms with Crippen LogP contribution in [-0.2, 0) is 16.6 Å². The van der Waals surface area contributed by atoms with Crippen molar-refractivity contribution in [1.82, 2.24) is 0 Å². The van der Waals surface area contributed by atoms with Crippen molar-refractivity contribution in [3.63, 3.8) is 0 Å². The fraction of sp³-hybridized carbons (Fsp3) is 0.0769. The van der Waals surface area contributed by atoms with Gasteiger partial charge in [0.1, 0.15) is 5.82 Å². The van der Waals surface area contributed by atoms with Crippen molar-refractivity contribution in [3.05, 3.63) is 64.0 Å². The van der Waals surface area contributed by atoms with Crippen LogP contribution in [0.4, 0.5) is 15.8 Å². The van der Waals surface area contributed by atoms with Crippen LogP contribution in [0.1, 0.15) is 5.56 Å². The van der Waals surface area contributed by atoms with E-state index in [2.05, 4.69) is 0 Å². The molecule has 104 valence electrons. The van der Waals surface area contributed by atoms with Gasteiger partial charge in [0.25, 0.3) is 5.69 Å². The number of nitro groups is 1. The van der Waals surface area contributed by atoms with Crippen molar-refractivity contribution in [3.8, 4) is 0 Å². The van der Waals surface area contributed by atoms with Crippen LogP contribution >= 0.6 is 0 Å². The number of hydrogen-bond acceptors (Lipinski definition) is 4. The van der Waals surface area contributed by atoms with E-state index < -0.39 is 21.5 Å². The maximum Gasteiger partial charge on any atom is 0.273 e. The number of nitrogens with two attached hydrogens (primary N) is 1. The smallest absolute Gasteiger partial charge is 0.273 e. The topological polar surface area (TPSA) is 86.2 Å². The van der Waals surface area contributed by atoms with Gasteiger partial charge in [0.05, 0.1) is 26.4 Å². The summed E-state index contributed by atoms with van der Waals surface area (Å²) in [6, 6.07) is 9.58. The Bertz CT molecular complexity index is 691. The molecule has 0 saturated heterocycles. The summed E-state index contributed by atoms with van der Waals surface area (Å²) in [4.78, 5) is 10.5. The molecular formula is C13H11FN2O3S. The van der Waals surface area contributed by atoms with Gasteiger partial charge in [-0.1, -0.05) is 18.2 Å². The van der Waals surface area contributed by atoms with Gasteiger partial charge in [0.15, 0.2) is 0 Å². The molecule has 1 atom stereocenters. The summed E-state index contributed by atoms with van der Waals surface area (Å²) in [5.74, 6) is -0.643. The molecule has 0 bridgehead atoms. The first kappa shape index (κ1) is 14.1. The summed E-state index contributed by atoms with van der Waals surface area (Å²) in [5.41, 5.74) is 6.05. The van der Waals surface area contributed by atoms with Crippen molar-refractivity contribution < 1.29 is 13.5 Å². The summed E-state index contributed by atoms with van der Waals surface area (Å²) in [6.07, 6.45) is 0. The van der Waals surface area contributed by atoms with Gasteiger partial charge in [-0.05, 0) is 18.2 Å². The second-order valence-corrected chi connectivity index (χ2v) is 5.48. The standard InChI is InChI=1S/C13H11FN2O3S/c14-10-5-6-11(15)13(7-10)20(19)8-9-3-1-2-4-12(9)16(17)18/h1-7H,8,15H2. The Labute approximate surface area is 116 Å². The summed E-state index contributed by atoms with van der Waals surface area (Å²) in [7, 11) is -1.65. The zero-order chi connectivity index (χ0) is 14.7. The Morgan fingerprint density at radius 2 is 1.95 bits per heavy atom. The highest BCUT2D eigenvalue weighted by molar-refractivity contribution is 7.84. The van der Waals surface area contributed by atoms with Gasteiger partial charge in [-0.15, -0.1) is 0 Å². The zero-order valence-corrected chi connectivity index (χ0v) is 11.1. The average molecular weight is 294 g/mol. The number of rotatable bonds is 4. The summed E-state index contributed by atoms with van der Waals surface area (Å²) in [5, 5.41) is 10.9. The molecule has 0 spiro atoms. The summed E-state index contributed by atoms with van der Waals surface area (Å²) >= 11 is 0. The second kappa shape index (κ2) is 5.79. The molecule has 0 amide bonds. The quantitative estimate of drug-likeness (QED) is 0.533. The van der Waals surface area contributed by atoms with Gasteiger partial charge in [0, 0.05) is 17.3 Å². The van der Waals surface area contributed by atoms with Crippen molar-refractivity contribution >= 4 is 22.2 Å². The molecule has 0 aliphatic heterocycles. The average Bonchev–Trinajstić information content (AvgIpc) is 2.41. The van der Waals surface area contributed by atoms with Crippen LogP contribution in [0.15, 0.2) is 47.4 Å². The normalized spacial score (nSPS) is 12.1. The molecule has 0 radical (unpaired) electrons. The van der Waals surface area contributed by atoms with E-state index in [4.69, 9.17) is 5.73 Å². The summed E-state index contributed by atoms with van der Waals surface area (Å²) in [6.45, 7) is 0. The first-order valence-electron chi connectivity index (χ1n) is 5.64. The number of benzene rings is 2. The van der Waals surface area contributed by atoms with Gasteiger partial charge in [-0.2, -0.15) is 0 Å². The lowest BCUT2D eigenvalue weighted by atomic mass is 10.2. The van der Waals surface area contributed by atoms with Crippen LogP contribution in [0.5, 0.6) is 0 Å².